The van der Waals surface area contributed by atoms with Crippen LogP contribution in [0.15, 0.2) is 91.0 Å². The largest absolute Gasteiger partial charge is 0.497 e. The van der Waals surface area contributed by atoms with Crippen molar-refractivity contribution < 1.29 is 28.7 Å². The molecule has 2 bridgehead atoms. The van der Waals surface area contributed by atoms with Crippen LogP contribution in [0.25, 0.3) is 0 Å². The fourth-order valence-corrected chi connectivity index (χ4v) is 7.45. The van der Waals surface area contributed by atoms with Crippen LogP contribution in [-0.2, 0) is 24.6 Å². The van der Waals surface area contributed by atoms with E-state index in [-0.39, 0.29) is 23.6 Å². The average molecular weight is 535 g/mol. The van der Waals surface area contributed by atoms with Crippen LogP contribution < -0.4 is 19.3 Å². The second-order valence-corrected chi connectivity index (χ2v) is 10.7. The molecule has 40 heavy (non-hydrogen) atoms. The number of anilines is 2. The molecule has 3 aromatic carbocycles. The molecule has 8 heteroatoms. The molecule has 0 aromatic heterocycles. The summed E-state index contributed by atoms with van der Waals surface area (Å²) in [5.74, 6) is -3.99. The van der Waals surface area contributed by atoms with Gasteiger partial charge in [-0.1, -0.05) is 42.5 Å². The van der Waals surface area contributed by atoms with Crippen molar-refractivity contribution in [2.24, 2.45) is 29.6 Å². The predicted molar refractivity (Wildman–Crippen MR) is 146 cm³/mol. The molecule has 200 valence electrons. The molecule has 3 aliphatic carbocycles. The number of carbonyl (C=O) groups excluding carboxylic acids is 4. The molecule has 8 rings (SSSR count). The van der Waals surface area contributed by atoms with Gasteiger partial charge in [0.1, 0.15) is 11.5 Å². The van der Waals surface area contributed by atoms with Crippen molar-refractivity contribution >= 4 is 35.0 Å². The Kier molecular flexibility index (Phi) is 5.26. The molecule has 2 aliphatic heterocycles. The second kappa shape index (κ2) is 8.64. The summed E-state index contributed by atoms with van der Waals surface area (Å²) < 4.78 is 10.5. The highest BCUT2D eigenvalue weighted by molar-refractivity contribution is 6.27. The third-order valence-electron chi connectivity index (χ3n) is 9.09. The molecule has 0 radical (unpaired) electrons. The Balaban J connectivity index is 1.39. The Hall–Kier alpha value is -4.72. The summed E-state index contributed by atoms with van der Waals surface area (Å²) in [5.41, 5.74) is 0.462. The number of rotatable bonds is 5. The maximum atomic E-state index is 14.3. The highest BCUT2D eigenvalue weighted by Crippen LogP contribution is 2.65. The number of ether oxygens (including phenoxy) is 2. The molecule has 3 fully saturated rings. The van der Waals surface area contributed by atoms with Crippen LogP contribution in [0.4, 0.5) is 11.4 Å². The van der Waals surface area contributed by atoms with E-state index in [2.05, 4.69) is 0 Å². The first kappa shape index (κ1) is 24.3. The van der Waals surface area contributed by atoms with Crippen LogP contribution in [0.3, 0.4) is 0 Å². The van der Waals surface area contributed by atoms with Gasteiger partial charge in [0.15, 0.2) is 0 Å². The number of imide groups is 2. The van der Waals surface area contributed by atoms with Crippen LogP contribution in [0.2, 0.25) is 0 Å². The summed E-state index contributed by atoms with van der Waals surface area (Å²) in [6.07, 6.45) is 3.81. The van der Waals surface area contributed by atoms with E-state index in [1.54, 1.807) is 62.8 Å². The summed E-state index contributed by atoms with van der Waals surface area (Å²) in [5, 5.41) is 0. The quantitative estimate of drug-likeness (QED) is 0.366. The Morgan fingerprint density at radius 3 is 1.48 bits per heavy atom. The fourth-order valence-electron chi connectivity index (χ4n) is 7.45. The zero-order valence-electron chi connectivity index (χ0n) is 21.9. The number of carbonyl (C=O) groups is 4. The molecule has 5 aliphatic rings. The fraction of sp³-hybridized carbons (Fsp3) is 0.250. The summed E-state index contributed by atoms with van der Waals surface area (Å²) in [6.45, 7) is 0. The Bertz CT molecular complexity index is 1490. The molecule has 4 atom stereocenters. The van der Waals surface area contributed by atoms with E-state index in [1.165, 1.54) is 9.80 Å². The van der Waals surface area contributed by atoms with Crippen LogP contribution in [-0.4, -0.2) is 37.8 Å². The van der Waals surface area contributed by atoms with Gasteiger partial charge in [0, 0.05) is 11.3 Å². The first-order chi connectivity index (χ1) is 19.4. The number of benzene rings is 3. The lowest BCUT2D eigenvalue weighted by Gasteiger charge is -2.53. The number of amides is 4. The second-order valence-electron chi connectivity index (χ2n) is 10.7. The molecular formula is C32H26N2O6. The smallest absolute Gasteiger partial charge is 0.238 e. The standard InChI is InChI=1S/C32H26N2O6/c1-39-21-12-8-19(9-13-21)33-28(35)24-23-16-17-32(26(24)30(33)37,18-6-4-3-5-7-18)27-25(23)29(36)34(31(27)38)20-10-14-22(40-2)15-11-20/h3-17,23-27H,1-2H3/t23?,24-,25-,26+,27+,32?/m1/s1. The molecule has 3 aromatic rings. The van der Waals surface area contributed by atoms with Gasteiger partial charge in [-0.25, -0.2) is 9.80 Å². The molecule has 2 saturated heterocycles. The van der Waals surface area contributed by atoms with Gasteiger partial charge in [0.25, 0.3) is 0 Å². The van der Waals surface area contributed by atoms with Gasteiger partial charge in [-0.3, -0.25) is 19.2 Å². The third-order valence-corrected chi connectivity index (χ3v) is 9.09. The zero-order chi connectivity index (χ0) is 27.8. The highest BCUT2D eigenvalue weighted by atomic mass is 16.5. The van der Waals surface area contributed by atoms with E-state index in [4.69, 9.17) is 9.47 Å². The third kappa shape index (κ3) is 3.01. The maximum Gasteiger partial charge on any atom is 0.238 e. The first-order valence-electron chi connectivity index (χ1n) is 13.2. The number of hydrogen-bond donors (Lipinski definition) is 0. The Labute approximate surface area is 230 Å². The van der Waals surface area contributed by atoms with E-state index in [9.17, 15) is 19.2 Å². The van der Waals surface area contributed by atoms with E-state index >= 15 is 0 Å². The van der Waals surface area contributed by atoms with Crippen molar-refractivity contribution in [3.63, 3.8) is 0 Å². The molecule has 1 saturated carbocycles. The number of allylic oxidation sites excluding steroid dienone is 2. The van der Waals surface area contributed by atoms with Crippen molar-refractivity contribution in [1.82, 2.24) is 0 Å². The normalized spacial score (nSPS) is 30.1. The minimum atomic E-state index is -1.16. The van der Waals surface area contributed by atoms with Crippen LogP contribution >= 0.6 is 0 Å². The highest BCUT2D eigenvalue weighted by Gasteiger charge is 2.75. The Morgan fingerprint density at radius 2 is 1.05 bits per heavy atom. The Morgan fingerprint density at radius 1 is 0.600 bits per heavy atom. The molecule has 4 amide bonds. The predicted octanol–water partition coefficient (Wildman–Crippen LogP) is 3.75. The van der Waals surface area contributed by atoms with Crippen LogP contribution in [0.5, 0.6) is 11.5 Å². The van der Waals surface area contributed by atoms with E-state index in [0.717, 1.165) is 5.56 Å². The molecule has 8 nitrogen and oxygen atoms in total. The SMILES string of the molecule is COc1ccc(N2C(=O)[C@@H]3C4C=CC(c5ccccc5)([C@@H]3C2=O)[C@@H]2C(=O)N(c3ccc(OC)cc3)C(=O)[C@H]42)cc1. The van der Waals surface area contributed by atoms with Gasteiger partial charge in [-0.05, 0) is 54.1 Å². The summed E-state index contributed by atoms with van der Waals surface area (Å²) in [4.78, 5) is 59.2. The molecule has 2 heterocycles. The number of hydrogen-bond acceptors (Lipinski definition) is 6. The van der Waals surface area contributed by atoms with Gasteiger partial charge >= 0.3 is 0 Å². The first-order valence-corrected chi connectivity index (χ1v) is 13.2. The topological polar surface area (TPSA) is 93.2 Å². The average Bonchev–Trinajstić information content (AvgIpc) is 3.44. The monoisotopic (exact) mass is 534 g/mol. The molecule has 0 unspecified atom stereocenters. The molecule has 0 spiro atoms. The van der Waals surface area contributed by atoms with Gasteiger partial charge in [-0.15, -0.1) is 0 Å². The molecular weight excluding hydrogens is 508 g/mol. The molecule has 0 N–H and O–H groups in total. The summed E-state index contributed by atoms with van der Waals surface area (Å²) in [6, 6.07) is 22.9. The van der Waals surface area contributed by atoms with Gasteiger partial charge in [-0.2, -0.15) is 0 Å². The van der Waals surface area contributed by atoms with Crippen molar-refractivity contribution in [3.05, 3.63) is 96.6 Å². The van der Waals surface area contributed by atoms with Crippen molar-refractivity contribution in [2.45, 2.75) is 5.41 Å². The van der Waals surface area contributed by atoms with Gasteiger partial charge in [0.05, 0.1) is 49.3 Å². The lowest BCUT2D eigenvalue weighted by atomic mass is 9.45. The number of methoxy groups -OCH3 is 2. The van der Waals surface area contributed by atoms with E-state index < -0.39 is 35.0 Å². The van der Waals surface area contributed by atoms with Crippen molar-refractivity contribution in [2.75, 3.05) is 24.0 Å². The van der Waals surface area contributed by atoms with Crippen molar-refractivity contribution in [1.29, 1.82) is 0 Å². The van der Waals surface area contributed by atoms with E-state index in [1.807, 2.05) is 42.5 Å². The number of nitrogens with zero attached hydrogens (tertiary/aromatic N) is 2. The van der Waals surface area contributed by atoms with E-state index in [0.29, 0.717) is 22.9 Å². The van der Waals surface area contributed by atoms with Gasteiger partial charge < -0.3 is 9.47 Å². The maximum absolute atomic E-state index is 14.3. The minimum absolute atomic E-state index is 0.351. The van der Waals surface area contributed by atoms with Crippen LogP contribution in [0.1, 0.15) is 5.56 Å². The van der Waals surface area contributed by atoms with Crippen molar-refractivity contribution in [3.8, 4) is 11.5 Å². The zero-order valence-corrected chi connectivity index (χ0v) is 21.9. The summed E-state index contributed by atoms with van der Waals surface area (Å²) >= 11 is 0. The minimum Gasteiger partial charge on any atom is -0.497 e. The lowest BCUT2D eigenvalue weighted by molar-refractivity contribution is -0.140. The summed E-state index contributed by atoms with van der Waals surface area (Å²) in [7, 11) is 3.09. The van der Waals surface area contributed by atoms with Gasteiger partial charge in [0.2, 0.25) is 23.6 Å². The lowest BCUT2D eigenvalue weighted by Crippen LogP contribution is -2.60. The van der Waals surface area contributed by atoms with Crippen LogP contribution in [0, 0.1) is 29.6 Å².